The monoisotopic (exact) mass is 315 g/mol. The number of hydrogen-bond acceptors (Lipinski definition) is 3. The number of halogens is 4. The molecule has 0 aliphatic carbocycles. The van der Waals surface area contributed by atoms with Gasteiger partial charge < -0.3 is 5.11 Å². The summed E-state index contributed by atoms with van der Waals surface area (Å²) in [4.78, 5) is 8.42. The van der Waals surface area contributed by atoms with Crippen molar-refractivity contribution in [2.24, 2.45) is 0 Å². The average molecular weight is 315 g/mol. The molecule has 0 aromatic heterocycles. The maximum absolute atomic E-state index is 13.3. The van der Waals surface area contributed by atoms with Crippen LogP contribution in [0.1, 0.15) is 12.8 Å². The number of benzene rings is 1. The van der Waals surface area contributed by atoms with Crippen LogP contribution < -0.4 is 4.72 Å². The highest BCUT2D eigenvalue weighted by atomic mass is 32.2. The summed E-state index contributed by atoms with van der Waals surface area (Å²) < 4.78 is 77.1. The van der Waals surface area contributed by atoms with E-state index in [0.717, 1.165) is 0 Å². The topological polar surface area (TPSA) is 83.5 Å². The smallest absolute Gasteiger partial charge is 0.303 e. The van der Waals surface area contributed by atoms with Crippen LogP contribution in [0.4, 0.5) is 17.6 Å². The highest BCUT2D eigenvalue weighted by Crippen LogP contribution is 2.23. The summed E-state index contributed by atoms with van der Waals surface area (Å²) in [5.74, 6) is -8.99. The fourth-order valence-electron chi connectivity index (χ4n) is 1.31. The second kappa shape index (κ2) is 6.18. The molecule has 0 aliphatic heterocycles. The van der Waals surface area contributed by atoms with Gasteiger partial charge in [0.1, 0.15) is 0 Å². The fourth-order valence-corrected chi connectivity index (χ4v) is 2.53. The highest BCUT2D eigenvalue weighted by Gasteiger charge is 2.29. The lowest BCUT2D eigenvalue weighted by molar-refractivity contribution is -0.137. The van der Waals surface area contributed by atoms with Gasteiger partial charge in [-0.1, -0.05) is 0 Å². The maximum atomic E-state index is 13.3. The van der Waals surface area contributed by atoms with Crippen molar-refractivity contribution in [1.29, 1.82) is 0 Å². The van der Waals surface area contributed by atoms with Crippen LogP contribution in [0.25, 0.3) is 0 Å². The molecule has 0 saturated heterocycles. The van der Waals surface area contributed by atoms with Gasteiger partial charge in [-0.05, 0) is 6.42 Å². The largest absolute Gasteiger partial charge is 0.481 e. The lowest BCUT2D eigenvalue weighted by Gasteiger charge is -2.09. The van der Waals surface area contributed by atoms with E-state index in [4.69, 9.17) is 5.11 Å². The molecule has 1 aromatic rings. The van der Waals surface area contributed by atoms with Crippen molar-refractivity contribution in [3.05, 3.63) is 29.3 Å². The van der Waals surface area contributed by atoms with Crippen LogP contribution in [-0.2, 0) is 14.8 Å². The molecule has 20 heavy (non-hydrogen) atoms. The Morgan fingerprint density at radius 1 is 1.15 bits per heavy atom. The Hall–Kier alpha value is -1.68. The summed E-state index contributed by atoms with van der Waals surface area (Å²) in [7, 11) is -4.84. The van der Waals surface area contributed by atoms with Crippen molar-refractivity contribution in [3.8, 4) is 0 Å². The van der Waals surface area contributed by atoms with Gasteiger partial charge in [0, 0.05) is 19.0 Å². The zero-order chi connectivity index (χ0) is 15.5. The summed E-state index contributed by atoms with van der Waals surface area (Å²) in [5.41, 5.74) is 0. The zero-order valence-electron chi connectivity index (χ0n) is 9.79. The third-order valence-electron chi connectivity index (χ3n) is 2.20. The Balaban J connectivity index is 3.01. The quantitative estimate of drug-likeness (QED) is 0.472. The minimum atomic E-state index is -4.84. The number of carboxylic acids is 1. The van der Waals surface area contributed by atoms with Gasteiger partial charge in [0.25, 0.3) is 0 Å². The molecule has 0 atom stereocenters. The first-order chi connectivity index (χ1) is 9.16. The first kappa shape index (κ1) is 16.4. The van der Waals surface area contributed by atoms with Gasteiger partial charge in [-0.2, -0.15) is 0 Å². The molecular formula is C10H9F4NO4S. The number of nitrogens with one attached hydrogen (secondary N) is 1. The maximum Gasteiger partial charge on any atom is 0.303 e. The molecule has 5 nitrogen and oxygen atoms in total. The third kappa shape index (κ3) is 3.67. The molecule has 0 radical (unpaired) electrons. The third-order valence-corrected chi connectivity index (χ3v) is 3.68. The van der Waals surface area contributed by atoms with Crippen LogP contribution in [0, 0.1) is 23.3 Å². The molecule has 0 fully saturated rings. The van der Waals surface area contributed by atoms with Crippen molar-refractivity contribution < 1.29 is 35.9 Å². The molecule has 0 saturated carbocycles. The number of rotatable bonds is 6. The molecule has 0 bridgehead atoms. The lowest BCUT2D eigenvalue weighted by atomic mass is 10.3. The van der Waals surface area contributed by atoms with Crippen LogP contribution in [0.3, 0.4) is 0 Å². The minimum Gasteiger partial charge on any atom is -0.481 e. The number of carbonyl (C=O) groups is 1. The predicted molar refractivity (Wildman–Crippen MR) is 58.3 cm³/mol. The van der Waals surface area contributed by atoms with Gasteiger partial charge in [0.05, 0.1) is 0 Å². The molecule has 0 amide bonds. The molecule has 1 aromatic carbocycles. The first-order valence-corrected chi connectivity index (χ1v) is 6.69. The van der Waals surface area contributed by atoms with Gasteiger partial charge >= 0.3 is 5.97 Å². The lowest BCUT2D eigenvalue weighted by Crippen LogP contribution is -2.27. The molecule has 1 rings (SSSR count). The molecule has 0 unspecified atom stereocenters. The Kier molecular flexibility index (Phi) is 5.06. The van der Waals surface area contributed by atoms with E-state index in [9.17, 15) is 30.8 Å². The summed E-state index contributed by atoms with van der Waals surface area (Å²) >= 11 is 0. The van der Waals surface area contributed by atoms with Gasteiger partial charge in [-0.25, -0.2) is 30.7 Å². The predicted octanol–water partition coefficient (Wildman–Crippen LogP) is 1.39. The van der Waals surface area contributed by atoms with Crippen molar-refractivity contribution in [2.45, 2.75) is 17.7 Å². The van der Waals surface area contributed by atoms with E-state index in [1.165, 1.54) is 0 Å². The van der Waals surface area contributed by atoms with Gasteiger partial charge in [0.15, 0.2) is 28.2 Å². The summed E-state index contributed by atoms with van der Waals surface area (Å²) in [6.45, 7) is -0.453. The van der Waals surface area contributed by atoms with Crippen molar-refractivity contribution in [1.82, 2.24) is 4.72 Å². The van der Waals surface area contributed by atoms with Crippen LogP contribution in [-0.4, -0.2) is 26.0 Å². The summed E-state index contributed by atoms with van der Waals surface area (Å²) in [6.07, 6.45) is -0.541. The van der Waals surface area contributed by atoms with Crippen molar-refractivity contribution in [2.75, 3.05) is 6.54 Å². The van der Waals surface area contributed by atoms with E-state index >= 15 is 0 Å². The normalized spacial score (nSPS) is 11.6. The second-order valence-electron chi connectivity index (χ2n) is 3.69. The molecule has 2 N–H and O–H groups in total. The van der Waals surface area contributed by atoms with Crippen molar-refractivity contribution >= 4 is 16.0 Å². The fraction of sp³-hybridized carbons (Fsp3) is 0.300. The molecule has 112 valence electrons. The number of sulfonamides is 1. The van der Waals surface area contributed by atoms with E-state index in [2.05, 4.69) is 0 Å². The molecule has 10 heteroatoms. The zero-order valence-corrected chi connectivity index (χ0v) is 10.6. The molecule has 0 heterocycles. The van der Waals surface area contributed by atoms with Gasteiger partial charge in [-0.3, -0.25) is 4.79 Å². The van der Waals surface area contributed by atoms with Gasteiger partial charge in [0.2, 0.25) is 10.0 Å². The minimum absolute atomic E-state index is 0.117. The molecule has 0 aliphatic rings. The summed E-state index contributed by atoms with van der Waals surface area (Å²) in [5, 5.41) is 8.32. The number of aliphatic carboxylic acids is 1. The number of hydrogen-bond donors (Lipinski definition) is 2. The SMILES string of the molecule is O=C(O)CCCNS(=O)(=O)c1c(F)c(F)cc(F)c1F. The van der Waals surface area contributed by atoms with Crippen molar-refractivity contribution in [3.63, 3.8) is 0 Å². The number of carboxylic acid groups (broad SMARTS) is 1. The van der Waals surface area contributed by atoms with E-state index < -0.39 is 50.7 Å². The Labute approximate surface area is 111 Å². The van der Waals surface area contributed by atoms with Gasteiger partial charge in [-0.15, -0.1) is 0 Å². The first-order valence-electron chi connectivity index (χ1n) is 5.21. The standard InChI is InChI=1S/C10H9F4NO4S/c11-5-4-6(12)9(14)10(8(5)13)20(18,19)15-3-1-2-7(16)17/h4,15H,1-3H2,(H,16,17). The van der Waals surface area contributed by atoms with Crippen LogP contribution in [0.2, 0.25) is 0 Å². The summed E-state index contributed by atoms with van der Waals surface area (Å²) in [6, 6.07) is -0.117. The Morgan fingerprint density at radius 3 is 2.10 bits per heavy atom. The van der Waals surface area contributed by atoms with Crippen LogP contribution in [0.5, 0.6) is 0 Å². The van der Waals surface area contributed by atoms with E-state index in [-0.39, 0.29) is 18.9 Å². The second-order valence-corrected chi connectivity index (χ2v) is 5.40. The Morgan fingerprint density at radius 2 is 1.65 bits per heavy atom. The Bertz CT molecular complexity index is 606. The average Bonchev–Trinajstić information content (AvgIpc) is 2.32. The van der Waals surface area contributed by atoms with E-state index in [1.807, 2.05) is 0 Å². The van der Waals surface area contributed by atoms with E-state index in [0.29, 0.717) is 0 Å². The molecular weight excluding hydrogens is 306 g/mol. The van der Waals surface area contributed by atoms with Crippen LogP contribution >= 0.6 is 0 Å². The van der Waals surface area contributed by atoms with Crippen LogP contribution in [0.15, 0.2) is 11.0 Å². The van der Waals surface area contributed by atoms with E-state index in [1.54, 1.807) is 4.72 Å². The molecule has 0 spiro atoms. The highest BCUT2D eigenvalue weighted by molar-refractivity contribution is 7.89.